The Morgan fingerprint density at radius 1 is 1.16 bits per heavy atom. The van der Waals surface area contributed by atoms with Crippen molar-refractivity contribution in [3.63, 3.8) is 0 Å². The number of aliphatic carboxylic acids is 1. The lowest BCUT2D eigenvalue weighted by atomic mass is 10.0. The van der Waals surface area contributed by atoms with Gasteiger partial charge in [0.15, 0.2) is 0 Å². The van der Waals surface area contributed by atoms with Gasteiger partial charge in [-0.3, -0.25) is 14.6 Å². The number of carbonyl (C=O) groups is 2. The lowest BCUT2D eigenvalue weighted by molar-refractivity contribution is -0.151. The normalized spacial score (nSPS) is 12.6. The number of carbonyl (C=O) groups excluding carboxylic acids is 1. The molecule has 2 aromatic carbocycles. The van der Waals surface area contributed by atoms with Gasteiger partial charge in [0.05, 0.1) is 22.2 Å². The number of aromatic nitrogens is 3. The Balaban J connectivity index is 0.000000257. The van der Waals surface area contributed by atoms with Gasteiger partial charge in [0.1, 0.15) is 24.5 Å². The monoisotopic (exact) mass is 532 g/mol. The summed E-state index contributed by atoms with van der Waals surface area (Å²) in [6.07, 6.45) is 4.43. The van der Waals surface area contributed by atoms with Gasteiger partial charge < -0.3 is 25.8 Å². The molecular weight excluding hydrogens is 508 g/mol. The number of benzene rings is 2. The molecule has 1 fully saturated rings. The maximum Gasteiger partial charge on any atom is 0.310 e. The highest BCUT2D eigenvalue weighted by Gasteiger charge is 2.34. The molecule has 1 saturated heterocycles. The standard InChI is InChI=1S/C20H16ClN5O.C7H9NO3/c21-17-10-14(5-7-19(17)27-11-15-3-1-2-8-23-15)26-20-16-9-13(22)4-6-18(16)24-12-25-20;1-2-6(9)8-3-5(4-8)7(10)11/h1-10,12H,11,22H2,(H,24,25,26);2,5H,1,3-4H2,(H,10,11). The van der Waals surface area contributed by atoms with Crippen LogP contribution in [0.15, 0.2) is 79.8 Å². The topological polar surface area (TPSA) is 144 Å². The summed E-state index contributed by atoms with van der Waals surface area (Å²) in [5.41, 5.74) is 8.96. The summed E-state index contributed by atoms with van der Waals surface area (Å²) >= 11 is 6.37. The molecule has 5 rings (SSSR count). The predicted octanol–water partition coefficient (Wildman–Crippen LogP) is 4.30. The Labute approximate surface area is 223 Å². The smallest absolute Gasteiger partial charge is 0.310 e. The fourth-order valence-electron chi connectivity index (χ4n) is 3.59. The third kappa shape index (κ3) is 6.54. The maximum atomic E-state index is 10.8. The number of nitrogens with two attached hydrogens (primary N) is 1. The summed E-state index contributed by atoms with van der Waals surface area (Å²) in [4.78, 5) is 35.3. The third-order valence-electron chi connectivity index (χ3n) is 5.67. The lowest BCUT2D eigenvalue weighted by Gasteiger charge is -2.35. The van der Waals surface area contributed by atoms with Crippen LogP contribution in [0.5, 0.6) is 5.75 Å². The number of amides is 1. The fraction of sp³-hybridized carbons (Fsp3) is 0.148. The second-order valence-corrected chi connectivity index (χ2v) is 8.77. The van der Waals surface area contributed by atoms with Crippen molar-refractivity contribution in [3.8, 4) is 5.75 Å². The summed E-state index contributed by atoms with van der Waals surface area (Å²) in [7, 11) is 0. The van der Waals surface area contributed by atoms with E-state index < -0.39 is 5.97 Å². The molecule has 0 atom stereocenters. The molecule has 4 aromatic rings. The summed E-state index contributed by atoms with van der Waals surface area (Å²) in [5, 5.41) is 13.0. The van der Waals surface area contributed by atoms with E-state index in [1.807, 2.05) is 48.5 Å². The second kappa shape index (κ2) is 12.0. The number of nitrogens with one attached hydrogen (secondary N) is 1. The molecule has 3 heterocycles. The minimum atomic E-state index is -0.835. The number of carboxylic acids is 1. The highest BCUT2D eigenvalue weighted by molar-refractivity contribution is 6.32. The van der Waals surface area contributed by atoms with E-state index in [9.17, 15) is 9.59 Å². The van der Waals surface area contributed by atoms with Crippen molar-refractivity contribution in [1.29, 1.82) is 0 Å². The van der Waals surface area contributed by atoms with E-state index in [-0.39, 0.29) is 11.8 Å². The van der Waals surface area contributed by atoms with Gasteiger partial charge in [-0.1, -0.05) is 24.2 Å². The summed E-state index contributed by atoms with van der Waals surface area (Å²) in [6, 6.07) is 16.7. The first kappa shape index (κ1) is 26.4. The van der Waals surface area contributed by atoms with Crippen LogP contribution in [0, 0.1) is 5.92 Å². The Morgan fingerprint density at radius 3 is 2.66 bits per heavy atom. The molecule has 10 nitrogen and oxygen atoms in total. The molecule has 1 amide bonds. The Kier molecular flexibility index (Phi) is 8.34. The number of hydrogen-bond acceptors (Lipinski definition) is 8. The largest absolute Gasteiger partial charge is 0.486 e. The van der Waals surface area contributed by atoms with E-state index in [4.69, 9.17) is 27.2 Å². The lowest BCUT2D eigenvalue weighted by Crippen LogP contribution is -2.52. The van der Waals surface area contributed by atoms with Crippen LogP contribution in [0.2, 0.25) is 5.02 Å². The molecule has 0 radical (unpaired) electrons. The summed E-state index contributed by atoms with van der Waals surface area (Å²) < 4.78 is 5.75. The molecule has 194 valence electrons. The molecule has 11 heteroatoms. The van der Waals surface area contributed by atoms with Gasteiger partial charge in [0.25, 0.3) is 0 Å². The zero-order chi connectivity index (χ0) is 27.1. The number of carboxylic acid groups (broad SMARTS) is 1. The molecule has 38 heavy (non-hydrogen) atoms. The van der Waals surface area contributed by atoms with Crippen LogP contribution in [0.1, 0.15) is 5.69 Å². The molecule has 1 aliphatic rings. The van der Waals surface area contributed by atoms with Gasteiger partial charge in [0, 0.05) is 36.0 Å². The number of anilines is 3. The first-order chi connectivity index (χ1) is 18.3. The van der Waals surface area contributed by atoms with E-state index in [0.717, 1.165) is 22.3 Å². The van der Waals surface area contributed by atoms with Crippen LogP contribution >= 0.6 is 11.6 Å². The highest BCUT2D eigenvalue weighted by atomic mass is 35.5. The Hall–Kier alpha value is -4.70. The Morgan fingerprint density at radius 2 is 1.97 bits per heavy atom. The summed E-state index contributed by atoms with van der Waals surface area (Å²) in [5.74, 6) is -0.158. The van der Waals surface area contributed by atoms with Gasteiger partial charge in [-0.2, -0.15) is 0 Å². The number of rotatable bonds is 7. The average Bonchev–Trinajstić information content (AvgIpc) is 2.88. The number of ether oxygens (including phenoxy) is 1. The predicted molar refractivity (Wildman–Crippen MR) is 145 cm³/mol. The van der Waals surface area contributed by atoms with Gasteiger partial charge in [-0.25, -0.2) is 9.97 Å². The fourth-order valence-corrected chi connectivity index (χ4v) is 3.82. The quantitative estimate of drug-likeness (QED) is 0.234. The molecule has 2 aromatic heterocycles. The van der Waals surface area contributed by atoms with Crippen molar-refractivity contribution in [3.05, 3.63) is 90.5 Å². The minimum Gasteiger partial charge on any atom is -0.486 e. The van der Waals surface area contributed by atoms with Gasteiger partial charge >= 0.3 is 5.97 Å². The molecule has 0 spiro atoms. The molecule has 0 bridgehead atoms. The van der Waals surface area contributed by atoms with E-state index in [2.05, 4.69) is 26.8 Å². The number of fused-ring (bicyclic) bond motifs is 1. The number of hydrogen-bond donors (Lipinski definition) is 3. The zero-order valence-electron chi connectivity index (χ0n) is 20.3. The maximum absolute atomic E-state index is 10.8. The van der Waals surface area contributed by atoms with Crippen molar-refractivity contribution >= 4 is 51.6 Å². The number of halogens is 1. The third-order valence-corrected chi connectivity index (χ3v) is 5.97. The van der Waals surface area contributed by atoms with Crippen molar-refractivity contribution in [2.75, 3.05) is 24.1 Å². The summed E-state index contributed by atoms with van der Waals surface area (Å²) in [6.45, 7) is 4.28. The van der Waals surface area contributed by atoms with Gasteiger partial charge in [-0.05, 0) is 54.6 Å². The average molecular weight is 533 g/mol. The molecule has 1 aliphatic heterocycles. The first-order valence-corrected chi connectivity index (χ1v) is 12.0. The van der Waals surface area contributed by atoms with E-state index in [0.29, 0.717) is 42.0 Å². The van der Waals surface area contributed by atoms with Crippen LogP contribution in [0.4, 0.5) is 17.2 Å². The van der Waals surface area contributed by atoms with Crippen LogP contribution in [0.3, 0.4) is 0 Å². The Bertz CT molecular complexity index is 1460. The zero-order valence-corrected chi connectivity index (χ0v) is 21.0. The van der Waals surface area contributed by atoms with Crippen molar-refractivity contribution in [2.45, 2.75) is 6.61 Å². The number of nitrogen functional groups attached to an aromatic ring is 1. The van der Waals surface area contributed by atoms with Crippen LogP contribution < -0.4 is 15.8 Å². The first-order valence-electron chi connectivity index (χ1n) is 11.6. The van der Waals surface area contributed by atoms with E-state index >= 15 is 0 Å². The van der Waals surface area contributed by atoms with Crippen molar-refractivity contribution < 1.29 is 19.4 Å². The van der Waals surface area contributed by atoms with Crippen molar-refractivity contribution in [1.82, 2.24) is 19.9 Å². The van der Waals surface area contributed by atoms with E-state index in [1.165, 1.54) is 17.3 Å². The SMILES string of the molecule is C=CC(=O)N1CC(C(=O)O)C1.Nc1ccc2ncnc(Nc3ccc(OCc4ccccn4)c(Cl)c3)c2c1. The van der Waals surface area contributed by atoms with Gasteiger partial charge in [0.2, 0.25) is 5.91 Å². The highest BCUT2D eigenvalue weighted by Crippen LogP contribution is 2.31. The van der Waals surface area contributed by atoms with Crippen LogP contribution in [-0.2, 0) is 16.2 Å². The molecule has 0 aliphatic carbocycles. The number of nitrogens with zero attached hydrogens (tertiary/aromatic N) is 4. The number of pyridine rings is 1. The molecule has 4 N–H and O–H groups in total. The molecule has 0 unspecified atom stereocenters. The van der Waals surface area contributed by atoms with Gasteiger partial charge in [-0.15, -0.1) is 0 Å². The van der Waals surface area contributed by atoms with Crippen LogP contribution in [0.25, 0.3) is 10.9 Å². The molecule has 0 saturated carbocycles. The van der Waals surface area contributed by atoms with Crippen molar-refractivity contribution in [2.24, 2.45) is 5.92 Å². The van der Waals surface area contributed by atoms with Crippen LogP contribution in [-0.4, -0.2) is 49.9 Å². The minimum absolute atomic E-state index is 0.192. The molecular formula is C27H25ClN6O4. The van der Waals surface area contributed by atoms with E-state index in [1.54, 1.807) is 12.3 Å². The second-order valence-electron chi connectivity index (χ2n) is 8.36. The number of likely N-dealkylation sites (tertiary alicyclic amines) is 1.